The summed E-state index contributed by atoms with van der Waals surface area (Å²) in [5, 5.41) is 9.77. The molecular formula is C15H21FN4O2. The van der Waals surface area contributed by atoms with Crippen LogP contribution in [0.4, 0.5) is 4.39 Å². The highest BCUT2D eigenvalue weighted by Gasteiger charge is 2.44. The highest BCUT2D eigenvalue weighted by atomic mass is 19.1. The zero-order valence-electron chi connectivity index (χ0n) is 12.8. The van der Waals surface area contributed by atoms with Crippen molar-refractivity contribution < 1.29 is 14.0 Å². The smallest absolute Gasteiger partial charge is 0.274 e. The fraction of sp³-hybridized carbons (Fsp3) is 0.667. The minimum absolute atomic E-state index is 0.0900. The van der Waals surface area contributed by atoms with Crippen LogP contribution in [0.25, 0.3) is 0 Å². The minimum atomic E-state index is -0.988. The maximum atomic E-state index is 12.9. The van der Waals surface area contributed by atoms with Crippen LogP contribution < -0.4 is 5.32 Å². The number of carbonyl (C=O) groups is 2. The molecule has 1 saturated heterocycles. The molecule has 120 valence electrons. The van der Waals surface area contributed by atoms with Gasteiger partial charge >= 0.3 is 0 Å². The molecule has 3 atom stereocenters. The molecule has 2 amide bonds. The molecule has 7 heteroatoms. The molecule has 2 aliphatic rings. The van der Waals surface area contributed by atoms with Crippen LogP contribution in [0.2, 0.25) is 0 Å². The van der Waals surface area contributed by atoms with Crippen LogP contribution in [0, 0.1) is 5.92 Å². The molecule has 1 aliphatic heterocycles. The number of nitrogens with zero attached hydrogens (tertiary/aromatic N) is 2. The van der Waals surface area contributed by atoms with Gasteiger partial charge < -0.3 is 10.2 Å². The van der Waals surface area contributed by atoms with Crippen LogP contribution in [-0.2, 0) is 4.79 Å². The van der Waals surface area contributed by atoms with E-state index in [1.54, 1.807) is 11.0 Å². The Morgan fingerprint density at radius 3 is 2.82 bits per heavy atom. The lowest BCUT2D eigenvalue weighted by Gasteiger charge is -2.15. The number of alkyl halides is 1. The first-order valence-corrected chi connectivity index (χ1v) is 7.74. The Hall–Kier alpha value is -1.92. The van der Waals surface area contributed by atoms with Gasteiger partial charge in [-0.3, -0.25) is 14.7 Å². The van der Waals surface area contributed by atoms with Crippen molar-refractivity contribution in [2.75, 3.05) is 13.1 Å². The van der Waals surface area contributed by atoms with Gasteiger partial charge in [-0.05, 0) is 24.8 Å². The van der Waals surface area contributed by atoms with Crippen molar-refractivity contribution in [3.63, 3.8) is 0 Å². The van der Waals surface area contributed by atoms with E-state index in [-0.39, 0.29) is 23.8 Å². The molecule has 0 radical (unpaired) electrons. The Morgan fingerprint density at radius 1 is 1.50 bits per heavy atom. The maximum absolute atomic E-state index is 12.9. The second-order valence-electron chi connectivity index (χ2n) is 6.47. The Balaban J connectivity index is 1.55. The summed E-state index contributed by atoms with van der Waals surface area (Å²) < 4.78 is 12.9. The van der Waals surface area contributed by atoms with Gasteiger partial charge in [0.05, 0.1) is 5.92 Å². The van der Waals surface area contributed by atoms with Crippen LogP contribution in [0.3, 0.4) is 0 Å². The van der Waals surface area contributed by atoms with Gasteiger partial charge in [-0.15, -0.1) is 0 Å². The molecule has 1 aromatic heterocycles. The molecule has 2 heterocycles. The third-order valence-electron chi connectivity index (χ3n) is 4.31. The number of nitrogens with one attached hydrogen (secondary N) is 2. The molecule has 22 heavy (non-hydrogen) atoms. The highest BCUT2D eigenvalue weighted by molar-refractivity contribution is 5.92. The maximum Gasteiger partial charge on any atom is 0.274 e. The molecule has 3 rings (SSSR count). The summed E-state index contributed by atoms with van der Waals surface area (Å²) in [6.45, 7) is 5.09. The molecule has 0 aromatic carbocycles. The van der Waals surface area contributed by atoms with Gasteiger partial charge in [0.2, 0.25) is 5.91 Å². The standard InChI is InChI=1S/C15H21FN4O2/c1-8(2)12-6-13(19-18-12)15(22)20-4-3-9(7-20)17-14(21)10-5-11(10)16/h6,8-11H,3-5,7H2,1-2H3,(H,17,21)(H,18,19). The summed E-state index contributed by atoms with van der Waals surface area (Å²) >= 11 is 0. The lowest BCUT2D eigenvalue weighted by atomic mass is 10.1. The number of aromatic nitrogens is 2. The Labute approximate surface area is 128 Å². The largest absolute Gasteiger partial charge is 0.351 e. The van der Waals surface area contributed by atoms with Gasteiger partial charge in [0.1, 0.15) is 11.9 Å². The molecule has 1 saturated carbocycles. The molecule has 0 spiro atoms. The first kappa shape index (κ1) is 15.0. The summed E-state index contributed by atoms with van der Waals surface area (Å²) in [4.78, 5) is 25.8. The van der Waals surface area contributed by atoms with Gasteiger partial charge in [0.25, 0.3) is 5.91 Å². The monoisotopic (exact) mass is 308 g/mol. The Morgan fingerprint density at radius 2 is 2.23 bits per heavy atom. The van der Waals surface area contributed by atoms with Crippen LogP contribution in [-0.4, -0.2) is 52.2 Å². The first-order chi connectivity index (χ1) is 10.5. The van der Waals surface area contributed by atoms with Crippen molar-refractivity contribution in [1.82, 2.24) is 20.4 Å². The third-order valence-corrected chi connectivity index (χ3v) is 4.31. The van der Waals surface area contributed by atoms with Crippen molar-refractivity contribution >= 4 is 11.8 Å². The number of amides is 2. The number of aromatic amines is 1. The van der Waals surface area contributed by atoms with Crippen LogP contribution >= 0.6 is 0 Å². The zero-order chi connectivity index (χ0) is 15.9. The van der Waals surface area contributed by atoms with Crippen LogP contribution in [0.5, 0.6) is 0 Å². The number of carbonyl (C=O) groups excluding carboxylic acids is 2. The Kier molecular flexibility index (Phi) is 3.88. The van der Waals surface area contributed by atoms with E-state index < -0.39 is 12.1 Å². The van der Waals surface area contributed by atoms with E-state index in [9.17, 15) is 14.0 Å². The summed E-state index contributed by atoms with van der Waals surface area (Å²) in [6.07, 6.45) is 0.0346. The van der Waals surface area contributed by atoms with Crippen molar-refractivity contribution in [3.05, 3.63) is 17.5 Å². The molecule has 2 N–H and O–H groups in total. The molecule has 3 unspecified atom stereocenters. The molecule has 2 fully saturated rings. The lowest BCUT2D eigenvalue weighted by Crippen LogP contribution is -2.39. The molecule has 0 bridgehead atoms. The van der Waals surface area contributed by atoms with Crippen molar-refractivity contribution in [2.45, 2.75) is 44.8 Å². The third kappa shape index (κ3) is 2.98. The average Bonchev–Trinajstić information content (AvgIpc) is 2.93. The molecular weight excluding hydrogens is 287 g/mol. The summed E-state index contributed by atoms with van der Waals surface area (Å²) in [5.74, 6) is -0.556. The van der Waals surface area contributed by atoms with Gasteiger partial charge in [0, 0.05) is 24.8 Å². The number of halogens is 1. The average molecular weight is 308 g/mol. The normalized spacial score (nSPS) is 27.3. The Bertz CT molecular complexity index is 586. The predicted octanol–water partition coefficient (Wildman–Crippen LogP) is 1.22. The number of rotatable bonds is 4. The van der Waals surface area contributed by atoms with E-state index >= 15 is 0 Å². The second-order valence-corrected chi connectivity index (χ2v) is 6.47. The topological polar surface area (TPSA) is 78.1 Å². The quantitative estimate of drug-likeness (QED) is 0.878. The van der Waals surface area contributed by atoms with Crippen molar-refractivity contribution in [3.8, 4) is 0 Å². The zero-order valence-corrected chi connectivity index (χ0v) is 12.8. The minimum Gasteiger partial charge on any atom is -0.351 e. The van der Waals surface area contributed by atoms with E-state index in [0.29, 0.717) is 31.6 Å². The van der Waals surface area contributed by atoms with Gasteiger partial charge in [0.15, 0.2) is 0 Å². The first-order valence-electron chi connectivity index (χ1n) is 7.74. The van der Waals surface area contributed by atoms with E-state index in [1.165, 1.54) is 0 Å². The lowest BCUT2D eigenvalue weighted by molar-refractivity contribution is -0.123. The van der Waals surface area contributed by atoms with E-state index in [4.69, 9.17) is 0 Å². The van der Waals surface area contributed by atoms with Crippen LogP contribution in [0.1, 0.15) is 48.8 Å². The predicted molar refractivity (Wildman–Crippen MR) is 78.1 cm³/mol. The fourth-order valence-corrected chi connectivity index (χ4v) is 2.71. The van der Waals surface area contributed by atoms with E-state index in [1.807, 2.05) is 13.8 Å². The summed E-state index contributed by atoms with van der Waals surface area (Å²) in [7, 11) is 0. The van der Waals surface area contributed by atoms with Crippen molar-refractivity contribution in [2.24, 2.45) is 5.92 Å². The number of hydrogen-bond acceptors (Lipinski definition) is 3. The summed E-state index contributed by atoms with van der Waals surface area (Å²) in [5.41, 5.74) is 1.33. The number of H-pyrrole nitrogens is 1. The fourth-order valence-electron chi connectivity index (χ4n) is 2.71. The van der Waals surface area contributed by atoms with E-state index in [0.717, 1.165) is 5.69 Å². The SMILES string of the molecule is CC(C)c1cc(C(=O)N2CCC(NC(=O)C3CC3F)C2)n[nH]1. The van der Waals surface area contributed by atoms with Gasteiger partial charge in [-0.1, -0.05) is 13.8 Å². The summed E-state index contributed by atoms with van der Waals surface area (Å²) in [6, 6.07) is 1.68. The van der Waals surface area contributed by atoms with Crippen LogP contribution in [0.15, 0.2) is 6.07 Å². The van der Waals surface area contributed by atoms with E-state index in [2.05, 4.69) is 15.5 Å². The van der Waals surface area contributed by atoms with Gasteiger partial charge in [-0.2, -0.15) is 5.10 Å². The van der Waals surface area contributed by atoms with Crippen molar-refractivity contribution in [1.29, 1.82) is 0 Å². The molecule has 1 aromatic rings. The van der Waals surface area contributed by atoms with Gasteiger partial charge in [-0.25, -0.2) is 4.39 Å². The number of hydrogen-bond donors (Lipinski definition) is 2. The second kappa shape index (κ2) is 5.70. The number of likely N-dealkylation sites (tertiary alicyclic amines) is 1. The molecule has 1 aliphatic carbocycles. The highest BCUT2D eigenvalue weighted by Crippen LogP contribution is 2.34. The molecule has 6 nitrogen and oxygen atoms in total.